The Kier molecular flexibility index (Phi) is 2.73. The third-order valence-electron chi connectivity index (χ3n) is 2.91. The molecule has 1 aromatic carbocycles. The van der Waals surface area contributed by atoms with Crippen molar-refractivity contribution in [2.24, 2.45) is 0 Å². The van der Waals surface area contributed by atoms with Crippen LogP contribution in [0.2, 0.25) is 0 Å². The normalized spacial score (nSPS) is 24.5. The summed E-state index contributed by atoms with van der Waals surface area (Å²) in [5.74, 6) is 0.784. The predicted molar refractivity (Wildman–Crippen MR) is 59.4 cm³/mol. The SMILES string of the molecule is COc1ccccc1C1(C)CCOC(=O)N1. The molecule has 16 heavy (non-hydrogen) atoms. The van der Waals surface area contributed by atoms with Crippen molar-refractivity contribution in [1.82, 2.24) is 5.32 Å². The third kappa shape index (κ3) is 1.83. The molecule has 1 saturated heterocycles. The number of para-hydroxylation sites is 1. The van der Waals surface area contributed by atoms with Gasteiger partial charge in [0.2, 0.25) is 0 Å². The van der Waals surface area contributed by atoms with Crippen LogP contribution in [-0.4, -0.2) is 19.8 Å². The fourth-order valence-corrected chi connectivity index (χ4v) is 1.97. The van der Waals surface area contributed by atoms with Gasteiger partial charge in [-0.25, -0.2) is 4.79 Å². The van der Waals surface area contributed by atoms with E-state index in [9.17, 15) is 4.79 Å². The largest absolute Gasteiger partial charge is 0.496 e. The fraction of sp³-hybridized carbons (Fsp3) is 0.417. The van der Waals surface area contributed by atoms with Crippen molar-refractivity contribution in [2.75, 3.05) is 13.7 Å². The summed E-state index contributed by atoms with van der Waals surface area (Å²) in [5.41, 5.74) is 0.566. The maximum atomic E-state index is 11.3. The van der Waals surface area contributed by atoms with E-state index in [0.717, 1.165) is 17.7 Å². The van der Waals surface area contributed by atoms with E-state index in [2.05, 4.69) is 5.32 Å². The maximum Gasteiger partial charge on any atom is 0.407 e. The molecule has 1 atom stereocenters. The molecule has 1 amide bonds. The van der Waals surface area contributed by atoms with Gasteiger partial charge in [0.15, 0.2) is 0 Å². The zero-order chi connectivity index (χ0) is 11.6. The standard InChI is InChI=1S/C12H15NO3/c1-12(7-8-16-11(14)13-12)9-5-3-4-6-10(9)15-2/h3-6H,7-8H2,1-2H3,(H,13,14). The Balaban J connectivity index is 2.37. The highest BCUT2D eigenvalue weighted by Crippen LogP contribution is 2.33. The van der Waals surface area contributed by atoms with Crippen LogP contribution in [-0.2, 0) is 10.3 Å². The molecule has 1 N–H and O–H groups in total. The Labute approximate surface area is 94.6 Å². The first-order chi connectivity index (χ1) is 7.65. The molecule has 1 unspecified atom stereocenters. The second kappa shape index (κ2) is 4.04. The lowest BCUT2D eigenvalue weighted by molar-refractivity contribution is 0.0908. The Bertz CT molecular complexity index is 405. The Morgan fingerprint density at radius 3 is 2.88 bits per heavy atom. The van der Waals surface area contributed by atoms with Crippen molar-refractivity contribution < 1.29 is 14.3 Å². The molecule has 1 fully saturated rings. The van der Waals surface area contributed by atoms with Crippen molar-refractivity contribution in [3.63, 3.8) is 0 Å². The number of hydrogen-bond donors (Lipinski definition) is 1. The molecule has 4 heteroatoms. The van der Waals surface area contributed by atoms with Crippen LogP contribution in [0.4, 0.5) is 4.79 Å². The van der Waals surface area contributed by atoms with Crippen LogP contribution in [0.5, 0.6) is 5.75 Å². The van der Waals surface area contributed by atoms with Crippen LogP contribution in [0.15, 0.2) is 24.3 Å². The van der Waals surface area contributed by atoms with Crippen LogP contribution >= 0.6 is 0 Å². The molecule has 1 aromatic rings. The lowest BCUT2D eigenvalue weighted by Gasteiger charge is -2.35. The minimum absolute atomic E-state index is 0.375. The van der Waals surface area contributed by atoms with E-state index in [4.69, 9.17) is 9.47 Å². The molecule has 1 heterocycles. The highest BCUT2D eigenvalue weighted by Gasteiger charge is 2.35. The van der Waals surface area contributed by atoms with Gasteiger partial charge in [0.05, 0.1) is 19.3 Å². The number of cyclic esters (lactones) is 1. The summed E-state index contributed by atoms with van der Waals surface area (Å²) in [6.45, 7) is 2.41. The average molecular weight is 221 g/mol. The van der Waals surface area contributed by atoms with E-state index in [0.29, 0.717) is 6.61 Å². The number of carbonyl (C=O) groups excluding carboxylic acids is 1. The van der Waals surface area contributed by atoms with Crippen molar-refractivity contribution in [3.05, 3.63) is 29.8 Å². The first-order valence-electron chi connectivity index (χ1n) is 5.24. The molecule has 0 spiro atoms. The lowest BCUT2D eigenvalue weighted by Crippen LogP contribution is -2.48. The number of nitrogens with one attached hydrogen (secondary N) is 1. The van der Waals surface area contributed by atoms with E-state index in [-0.39, 0.29) is 6.09 Å². The van der Waals surface area contributed by atoms with E-state index < -0.39 is 5.54 Å². The van der Waals surface area contributed by atoms with Crippen LogP contribution in [0, 0.1) is 0 Å². The van der Waals surface area contributed by atoms with Crippen molar-refractivity contribution >= 4 is 6.09 Å². The van der Waals surface area contributed by atoms with Gasteiger partial charge in [-0.05, 0) is 13.0 Å². The highest BCUT2D eigenvalue weighted by molar-refractivity contribution is 5.70. The van der Waals surface area contributed by atoms with Crippen LogP contribution in [0.1, 0.15) is 18.9 Å². The molecule has 86 valence electrons. The maximum absolute atomic E-state index is 11.3. The second-order valence-electron chi connectivity index (χ2n) is 4.04. The highest BCUT2D eigenvalue weighted by atomic mass is 16.6. The molecule has 2 rings (SSSR count). The third-order valence-corrected chi connectivity index (χ3v) is 2.91. The van der Waals surface area contributed by atoms with Crippen molar-refractivity contribution in [1.29, 1.82) is 0 Å². The summed E-state index contributed by atoms with van der Waals surface area (Å²) in [5, 5.41) is 2.84. The molecule has 1 aliphatic heterocycles. The molecule has 0 saturated carbocycles. The number of amides is 1. The van der Waals surface area contributed by atoms with Crippen LogP contribution in [0.3, 0.4) is 0 Å². The monoisotopic (exact) mass is 221 g/mol. The van der Waals surface area contributed by atoms with Crippen molar-refractivity contribution in [3.8, 4) is 5.75 Å². The van der Waals surface area contributed by atoms with E-state index in [1.807, 2.05) is 31.2 Å². The van der Waals surface area contributed by atoms with Gasteiger partial charge in [-0.15, -0.1) is 0 Å². The quantitative estimate of drug-likeness (QED) is 0.831. The first-order valence-corrected chi connectivity index (χ1v) is 5.24. The van der Waals surface area contributed by atoms with Gasteiger partial charge >= 0.3 is 6.09 Å². The van der Waals surface area contributed by atoms with Gasteiger partial charge in [0.25, 0.3) is 0 Å². The first kappa shape index (κ1) is 10.8. The summed E-state index contributed by atoms with van der Waals surface area (Å²) in [4.78, 5) is 11.3. The summed E-state index contributed by atoms with van der Waals surface area (Å²) < 4.78 is 10.2. The Hall–Kier alpha value is -1.71. The molecule has 0 aromatic heterocycles. The minimum atomic E-state index is -0.415. The van der Waals surface area contributed by atoms with Gasteiger partial charge < -0.3 is 14.8 Å². The molecule has 0 radical (unpaired) electrons. The van der Waals surface area contributed by atoms with Gasteiger partial charge in [0, 0.05) is 12.0 Å². The van der Waals surface area contributed by atoms with Crippen LogP contribution in [0.25, 0.3) is 0 Å². The number of methoxy groups -OCH3 is 1. The number of carbonyl (C=O) groups is 1. The van der Waals surface area contributed by atoms with Gasteiger partial charge in [0.1, 0.15) is 5.75 Å². The zero-order valence-corrected chi connectivity index (χ0v) is 9.45. The smallest absolute Gasteiger partial charge is 0.407 e. The van der Waals surface area contributed by atoms with E-state index in [1.54, 1.807) is 7.11 Å². The Morgan fingerprint density at radius 2 is 2.19 bits per heavy atom. The van der Waals surface area contributed by atoms with Gasteiger partial charge in [-0.3, -0.25) is 0 Å². The lowest BCUT2D eigenvalue weighted by atomic mass is 9.87. The van der Waals surface area contributed by atoms with Crippen LogP contribution < -0.4 is 10.1 Å². The number of rotatable bonds is 2. The average Bonchev–Trinajstić information content (AvgIpc) is 2.29. The number of ether oxygens (including phenoxy) is 2. The Morgan fingerprint density at radius 1 is 1.44 bits per heavy atom. The number of alkyl carbamates (subject to hydrolysis) is 1. The second-order valence-corrected chi connectivity index (χ2v) is 4.04. The van der Waals surface area contributed by atoms with Crippen molar-refractivity contribution in [2.45, 2.75) is 18.9 Å². The molecule has 0 bridgehead atoms. The fourth-order valence-electron chi connectivity index (χ4n) is 1.97. The van der Waals surface area contributed by atoms with Gasteiger partial charge in [-0.1, -0.05) is 18.2 Å². The molecule has 4 nitrogen and oxygen atoms in total. The summed E-state index contributed by atoms with van der Waals surface area (Å²) in [6.07, 6.45) is 0.360. The van der Waals surface area contributed by atoms with E-state index in [1.165, 1.54) is 0 Å². The minimum Gasteiger partial charge on any atom is -0.496 e. The van der Waals surface area contributed by atoms with Gasteiger partial charge in [-0.2, -0.15) is 0 Å². The topological polar surface area (TPSA) is 47.6 Å². The summed E-state index contributed by atoms with van der Waals surface area (Å²) in [6, 6.07) is 7.70. The molecular weight excluding hydrogens is 206 g/mol. The summed E-state index contributed by atoms with van der Waals surface area (Å²) >= 11 is 0. The zero-order valence-electron chi connectivity index (χ0n) is 9.45. The molecule has 0 aliphatic carbocycles. The number of hydrogen-bond acceptors (Lipinski definition) is 3. The molecular formula is C12H15NO3. The number of benzene rings is 1. The summed E-state index contributed by atoms with van der Waals surface area (Å²) in [7, 11) is 1.63. The predicted octanol–water partition coefficient (Wildman–Crippen LogP) is 2.04. The van der Waals surface area contributed by atoms with E-state index >= 15 is 0 Å². The molecule has 1 aliphatic rings.